The fourth-order valence-corrected chi connectivity index (χ4v) is 3.19. The molecule has 162 valence electrons. The molecule has 30 heavy (non-hydrogen) atoms. The summed E-state index contributed by atoms with van der Waals surface area (Å²) >= 11 is 0. The highest BCUT2D eigenvalue weighted by Crippen LogP contribution is 2.09. The second kappa shape index (κ2) is 17.5. The molecule has 1 rings (SSSR count). The summed E-state index contributed by atoms with van der Waals surface area (Å²) in [5, 5.41) is 0. The van der Waals surface area contributed by atoms with E-state index >= 15 is 0 Å². The number of benzene rings is 1. The molecule has 0 amide bonds. The van der Waals surface area contributed by atoms with Crippen LogP contribution in [0.25, 0.3) is 0 Å². The van der Waals surface area contributed by atoms with Gasteiger partial charge in [-0.25, -0.2) is 0 Å². The zero-order valence-corrected chi connectivity index (χ0v) is 19.0. The Balaban J connectivity index is 2.33. The lowest BCUT2D eigenvalue weighted by atomic mass is 10.1. The number of rotatable bonds is 14. The first-order valence-electron chi connectivity index (χ1n) is 11.9. The van der Waals surface area contributed by atoms with Crippen LogP contribution < -0.4 is 0 Å². The highest BCUT2D eigenvalue weighted by atomic mass is 16.1. The summed E-state index contributed by atoms with van der Waals surface area (Å²) in [6, 6.07) is 6.68. The smallest absolute Gasteiger partial charge is 0.235 e. The molecule has 2 nitrogen and oxygen atoms in total. The normalized spacial score (nSPS) is 9.93. The molecular formula is C28H38O2. The third-order valence-electron chi connectivity index (χ3n) is 5.12. The number of carbonyl (C=O) groups excluding carboxylic acids is 2. The van der Waals surface area contributed by atoms with Crippen molar-refractivity contribution in [1.29, 1.82) is 0 Å². The van der Waals surface area contributed by atoms with Gasteiger partial charge in [-0.05, 0) is 48.9 Å². The van der Waals surface area contributed by atoms with Gasteiger partial charge in [-0.2, -0.15) is 0 Å². The highest BCUT2D eigenvalue weighted by Gasteiger charge is 2.05. The lowest BCUT2D eigenvalue weighted by Crippen LogP contribution is -1.99. The van der Waals surface area contributed by atoms with Crippen LogP contribution in [0.4, 0.5) is 0 Å². The van der Waals surface area contributed by atoms with E-state index in [9.17, 15) is 9.59 Å². The molecule has 0 fully saturated rings. The Morgan fingerprint density at radius 1 is 0.567 bits per heavy atom. The Morgan fingerprint density at radius 3 is 1.27 bits per heavy atom. The summed E-state index contributed by atoms with van der Waals surface area (Å²) in [5.41, 5.74) is 1.06. The standard InChI is InChI=1S/C28H38O2/c1-3-5-7-9-11-13-15-17-19-27(29)25-21-23-26(24-22-25)28(30)20-18-16-14-12-10-8-6-4-2/h21-24H,3-16H2,1-2H3. The topological polar surface area (TPSA) is 34.1 Å². The first-order chi connectivity index (χ1) is 14.7. The van der Waals surface area contributed by atoms with Gasteiger partial charge < -0.3 is 0 Å². The van der Waals surface area contributed by atoms with E-state index in [1.54, 1.807) is 24.3 Å². The number of hydrogen-bond donors (Lipinski definition) is 0. The van der Waals surface area contributed by atoms with Crippen molar-refractivity contribution in [2.75, 3.05) is 0 Å². The van der Waals surface area contributed by atoms with E-state index in [2.05, 4.69) is 37.5 Å². The van der Waals surface area contributed by atoms with Crippen molar-refractivity contribution in [1.82, 2.24) is 0 Å². The van der Waals surface area contributed by atoms with Crippen LogP contribution in [-0.4, -0.2) is 11.6 Å². The second-order valence-electron chi connectivity index (χ2n) is 7.87. The molecule has 0 aliphatic carbocycles. The summed E-state index contributed by atoms with van der Waals surface area (Å²) in [6.45, 7) is 4.43. The molecule has 0 bridgehead atoms. The van der Waals surface area contributed by atoms with Crippen molar-refractivity contribution in [3.8, 4) is 23.7 Å². The Morgan fingerprint density at radius 2 is 0.900 bits per heavy atom. The van der Waals surface area contributed by atoms with Crippen LogP contribution >= 0.6 is 0 Å². The molecule has 0 radical (unpaired) electrons. The summed E-state index contributed by atoms with van der Waals surface area (Å²) in [7, 11) is 0. The average Bonchev–Trinajstić information content (AvgIpc) is 2.77. The zero-order chi connectivity index (χ0) is 21.9. The summed E-state index contributed by atoms with van der Waals surface area (Å²) in [6.07, 6.45) is 16.2. The summed E-state index contributed by atoms with van der Waals surface area (Å²) in [5.74, 6) is 11.0. The minimum absolute atomic E-state index is 0.186. The van der Waals surface area contributed by atoms with Crippen LogP contribution in [0.2, 0.25) is 0 Å². The highest BCUT2D eigenvalue weighted by molar-refractivity contribution is 6.11. The van der Waals surface area contributed by atoms with Crippen molar-refractivity contribution in [2.45, 2.75) is 104 Å². The van der Waals surface area contributed by atoms with Gasteiger partial charge >= 0.3 is 0 Å². The number of Topliss-reactive ketones (excluding diaryl/α,β-unsaturated/α-hetero) is 2. The zero-order valence-electron chi connectivity index (χ0n) is 19.0. The van der Waals surface area contributed by atoms with Crippen LogP contribution in [0, 0.1) is 23.7 Å². The fourth-order valence-electron chi connectivity index (χ4n) is 3.19. The van der Waals surface area contributed by atoms with Crippen molar-refractivity contribution in [3.63, 3.8) is 0 Å². The summed E-state index contributed by atoms with van der Waals surface area (Å²) in [4.78, 5) is 24.3. The van der Waals surface area contributed by atoms with E-state index in [1.807, 2.05) is 0 Å². The van der Waals surface area contributed by atoms with Gasteiger partial charge in [-0.15, -0.1) is 0 Å². The number of ketones is 2. The third kappa shape index (κ3) is 12.3. The van der Waals surface area contributed by atoms with Gasteiger partial charge in [0.05, 0.1) is 0 Å². The Hall–Kier alpha value is -2.32. The molecule has 0 N–H and O–H groups in total. The number of hydrogen-bond acceptors (Lipinski definition) is 2. The Kier molecular flexibility index (Phi) is 15.0. The molecule has 0 spiro atoms. The van der Waals surface area contributed by atoms with Gasteiger partial charge in [0.1, 0.15) is 0 Å². The van der Waals surface area contributed by atoms with Crippen LogP contribution in [-0.2, 0) is 0 Å². The molecule has 0 atom stereocenters. The first-order valence-corrected chi connectivity index (χ1v) is 11.9. The van der Waals surface area contributed by atoms with Crippen LogP contribution in [0.5, 0.6) is 0 Å². The van der Waals surface area contributed by atoms with Crippen molar-refractivity contribution < 1.29 is 9.59 Å². The predicted molar refractivity (Wildman–Crippen MR) is 127 cm³/mol. The van der Waals surface area contributed by atoms with Crippen molar-refractivity contribution >= 4 is 11.6 Å². The lowest BCUT2D eigenvalue weighted by molar-refractivity contribution is 0.104. The average molecular weight is 407 g/mol. The molecule has 1 aromatic carbocycles. The van der Waals surface area contributed by atoms with E-state index in [1.165, 1.54) is 64.2 Å². The monoisotopic (exact) mass is 406 g/mol. The van der Waals surface area contributed by atoms with E-state index in [4.69, 9.17) is 0 Å². The molecule has 0 saturated heterocycles. The SMILES string of the molecule is CCCCCCCCC#CC(=O)c1ccc(C(=O)C#CCCCCCCCC)cc1. The number of carbonyl (C=O) groups is 2. The predicted octanol–water partition coefficient (Wildman–Crippen LogP) is 7.56. The maximum atomic E-state index is 12.2. The van der Waals surface area contributed by atoms with E-state index in [0.717, 1.165) is 25.7 Å². The maximum absolute atomic E-state index is 12.2. The largest absolute Gasteiger partial charge is 0.279 e. The molecule has 0 aromatic heterocycles. The Bertz CT molecular complexity index is 670. The second-order valence-corrected chi connectivity index (χ2v) is 7.87. The molecule has 0 aliphatic rings. The van der Waals surface area contributed by atoms with E-state index in [-0.39, 0.29) is 11.6 Å². The van der Waals surface area contributed by atoms with Crippen LogP contribution in [0.3, 0.4) is 0 Å². The van der Waals surface area contributed by atoms with Crippen LogP contribution in [0.15, 0.2) is 24.3 Å². The molecule has 0 unspecified atom stereocenters. The van der Waals surface area contributed by atoms with Crippen LogP contribution in [0.1, 0.15) is 124 Å². The van der Waals surface area contributed by atoms with E-state index < -0.39 is 0 Å². The van der Waals surface area contributed by atoms with Gasteiger partial charge in [0.15, 0.2) is 0 Å². The summed E-state index contributed by atoms with van der Waals surface area (Å²) < 4.78 is 0. The first kappa shape index (κ1) is 25.7. The molecule has 1 aromatic rings. The van der Waals surface area contributed by atoms with Gasteiger partial charge in [-0.1, -0.05) is 89.9 Å². The molecule has 0 saturated carbocycles. The van der Waals surface area contributed by atoms with Gasteiger partial charge in [0.25, 0.3) is 0 Å². The van der Waals surface area contributed by atoms with Crippen molar-refractivity contribution in [3.05, 3.63) is 35.4 Å². The molecule has 0 heterocycles. The molecular weight excluding hydrogens is 368 g/mol. The third-order valence-corrected chi connectivity index (χ3v) is 5.12. The molecule has 0 aliphatic heterocycles. The fraction of sp³-hybridized carbons (Fsp3) is 0.571. The Labute approximate surface area is 184 Å². The minimum atomic E-state index is -0.186. The van der Waals surface area contributed by atoms with E-state index in [0.29, 0.717) is 11.1 Å². The van der Waals surface area contributed by atoms with Gasteiger partial charge in [0.2, 0.25) is 11.6 Å². The molecule has 2 heteroatoms. The van der Waals surface area contributed by atoms with Gasteiger partial charge in [-0.3, -0.25) is 9.59 Å². The minimum Gasteiger partial charge on any atom is -0.279 e. The lowest BCUT2D eigenvalue weighted by Gasteiger charge is -1.98. The van der Waals surface area contributed by atoms with Gasteiger partial charge in [0, 0.05) is 24.0 Å². The number of unbranched alkanes of at least 4 members (excludes halogenated alkanes) is 12. The van der Waals surface area contributed by atoms with Crippen molar-refractivity contribution in [2.24, 2.45) is 0 Å². The maximum Gasteiger partial charge on any atom is 0.235 e. The quantitative estimate of drug-likeness (QED) is 0.138.